The number of carbonyl (C=O) groups is 1. The topological polar surface area (TPSA) is 97.2 Å². The average Bonchev–Trinajstić information content (AvgIpc) is 3.41. The lowest BCUT2D eigenvalue weighted by molar-refractivity contribution is -0.120. The largest absolute Gasteiger partial charge is 0.323 e. The summed E-state index contributed by atoms with van der Waals surface area (Å²) in [5.74, 6) is -0.126. The van der Waals surface area contributed by atoms with Gasteiger partial charge in [-0.2, -0.15) is 9.40 Å². The highest BCUT2D eigenvalue weighted by atomic mass is 32.2. The van der Waals surface area contributed by atoms with Gasteiger partial charge in [-0.25, -0.2) is 18.1 Å². The lowest BCUT2D eigenvalue weighted by Gasteiger charge is -2.30. The number of sulfonamides is 1. The number of rotatable bonds is 5. The Morgan fingerprint density at radius 2 is 2.10 bits per heavy atom. The average molecular weight is 432 g/mol. The highest BCUT2D eigenvalue weighted by molar-refractivity contribution is 7.91. The van der Waals surface area contributed by atoms with Gasteiger partial charge >= 0.3 is 0 Å². The van der Waals surface area contributed by atoms with E-state index in [1.54, 1.807) is 53.6 Å². The summed E-state index contributed by atoms with van der Waals surface area (Å²) in [5, 5.41) is 7.07. The lowest BCUT2D eigenvalue weighted by Crippen LogP contribution is -2.43. The van der Waals surface area contributed by atoms with Crippen LogP contribution in [0.1, 0.15) is 17.7 Å². The minimum atomic E-state index is -3.58. The summed E-state index contributed by atoms with van der Waals surface area (Å²) in [5.41, 5.74) is 0.537. The maximum atomic E-state index is 12.9. The highest BCUT2D eigenvalue weighted by Crippen LogP contribution is 2.29. The lowest BCUT2D eigenvalue weighted by atomic mass is 9.99. The monoisotopic (exact) mass is 431 g/mol. The number of pyridine rings is 1. The number of hydrogen-bond acceptors (Lipinski definition) is 6. The summed E-state index contributed by atoms with van der Waals surface area (Å²) < 4.78 is 29.2. The molecule has 1 atom stereocenters. The summed E-state index contributed by atoms with van der Waals surface area (Å²) in [6.45, 7) is 2.47. The Hall–Kier alpha value is -2.56. The van der Waals surface area contributed by atoms with Crippen LogP contribution in [-0.2, 0) is 14.8 Å². The molecule has 1 aliphatic heterocycles. The van der Waals surface area contributed by atoms with E-state index in [1.165, 1.54) is 15.6 Å². The molecule has 1 N–H and O–H groups in total. The van der Waals surface area contributed by atoms with Crippen molar-refractivity contribution in [3.8, 4) is 5.82 Å². The van der Waals surface area contributed by atoms with E-state index < -0.39 is 15.9 Å². The molecular weight excluding hydrogens is 410 g/mol. The van der Waals surface area contributed by atoms with Crippen LogP contribution in [0.25, 0.3) is 5.82 Å². The molecule has 4 rings (SSSR count). The zero-order chi connectivity index (χ0) is 20.4. The smallest absolute Gasteiger partial charge is 0.252 e. The number of aromatic nitrogens is 3. The number of amides is 1. The van der Waals surface area contributed by atoms with Crippen LogP contribution in [0.5, 0.6) is 0 Å². The van der Waals surface area contributed by atoms with Gasteiger partial charge in [0.05, 0.1) is 11.6 Å². The third-order valence-corrected chi connectivity index (χ3v) is 8.16. The summed E-state index contributed by atoms with van der Waals surface area (Å²) in [6, 6.07) is 8.69. The fraction of sp³-hybridized carbons (Fsp3) is 0.316. The standard InChI is InChI=1S/C19H21N5O3S2/c1-14-7-8-17(28-14)29(26,27)23-11-3-5-15(13-23)19(25)22-16-6-2-9-20-18(16)24-12-4-10-21-24/h2,4,6-10,12,15H,3,5,11,13H2,1H3,(H,22,25). The van der Waals surface area contributed by atoms with Crippen LogP contribution in [0.15, 0.2) is 53.1 Å². The van der Waals surface area contributed by atoms with Crippen molar-refractivity contribution < 1.29 is 13.2 Å². The zero-order valence-corrected chi connectivity index (χ0v) is 17.5. The van der Waals surface area contributed by atoms with E-state index >= 15 is 0 Å². The van der Waals surface area contributed by atoms with Crippen molar-refractivity contribution in [3.05, 3.63) is 53.8 Å². The third-order valence-electron chi connectivity index (χ3n) is 4.83. The molecule has 0 saturated carbocycles. The van der Waals surface area contributed by atoms with Gasteiger partial charge in [0.15, 0.2) is 5.82 Å². The number of thiophene rings is 1. The summed E-state index contributed by atoms with van der Waals surface area (Å²) in [7, 11) is -3.58. The first-order valence-electron chi connectivity index (χ1n) is 9.27. The van der Waals surface area contributed by atoms with E-state index in [9.17, 15) is 13.2 Å². The van der Waals surface area contributed by atoms with E-state index in [1.807, 2.05) is 6.92 Å². The van der Waals surface area contributed by atoms with Gasteiger partial charge in [0.1, 0.15) is 4.21 Å². The Morgan fingerprint density at radius 1 is 1.24 bits per heavy atom. The molecule has 1 amide bonds. The van der Waals surface area contributed by atoms with Gasteiger partial charge in [-0.1, -0.05) is 0 Å². The maximum Gasteiger partial charge on any atom is 0.252 e. The van der Waals surface area contributed by atoms with Gasteiger partial charge in [-0.05, 0) is 50.1 Å². The van der Waals surface area contributed by atoms with Crippen LogP contribution in [0.4, 0.5) is 5.69 Å². The van der Waals surface area contributed by atoms with Crippen molar-refractivity contribution >= 4 is 33.0 Å². The van der Waals surface area contributed by atoms with Crippen molar-refractivity contribution in [2.45, 2.75) is 24.0 Å². The number of nitrogens with one attached hydrogen (secondary N) is 1. The number of piperidine rings is 1. The first-order chi connectivity index (χ1) is 13.9. The Labute approximate surface area is 173 Å². The number of aryl methyl sites for hydroxylation is 1. The first-order valence-corrected chi connectivity index (χ1v) is 11.5. The molecule has 8 nitrogen and oxygen atoms in total. The molecule has 1 fully saturated rings. The third kappa shape index (κ3) is 4.09. The van der Waals surface area contributed by atoms with Crippen molar-refractivity contribution in [1.82, 2.24) is 19.1 Å². The number of carbonyl (C=O) groups excluding carboxylic acids is 1. The molecule has 1 saturated heterocycles. The van der Waals surface area contributed by atoms with Gasteiger partial charge in [0, 0.05) is 36.6 Å². The zero-order valence-electron chi connectivity index (χ0n) is 15.9. The maximum absolute atomic E-state index is 12.9. The van der Waals surface area contributed by atoms with E-state index in [2.05, 4.69) is 15.4 Å². The second kappa shape index (κ2) is 8.05. The van der Waals surface area contributed by atoms with E-state index in [0.717, 1.165) is 4.88 Å². The summed E-state index contributed by atoms with van der Waals surface area (Å²) >= 11 is 1.25. The molecule has 10 heteroatoms. The Morgan fingerprint density at radius 3 is 2.83 bits per heavy atom. The van der Waals surface area contributed by atoms with Crippen LogP contribution in [0.2, 0.25) is 0 Å². The molecule has 3 aromatic rings. The Bertz CT molecular complexity index is 1110. The predicted octanol–water partition coefficient (Wildman–Crippen LogP) is 2.68. The van der Waals surface area contributed by atoms with Gasteiger partial charge in [0.25, 0.3) is 10.0 Å². The molecule has 0 aliphatic carbocycles. The molecule has 152 valence electrons. The Balaban J connectivity index is 1.50. The van der Waals surface area contributed by atoms with Gasteiger partial charge < -0.3 is 5.32 Å². The van der Waals surface area contributed by atoms with E-state index in [-0.39, 0.29) is 12.5 Å². The summed E-state index contributed by atoms with van der Waals surface area (Å²) in [4.78, 5) is 18.2. The van der Waals surface area contributed by atoms with Crippen LogP contribution in [-0.4, -0.2) is 46.5 Å². The van der Waals surface area contributed by atoms with Gasteiger partial charge in [0.2, 0.25) is 5.91 Å². The highest BCUT2D eigenvalue weighted by Gasteiger charge is 2.34. The fourth-order valence-electron chi connectivity index (χ4n) is 3.36. The van der Waals surface area contributed by atoms with Crippen LogP contribution >= 0.6 is 11.3 Å². The predicted molar refractivity (Wildman–Crippen MR) is 111 cm³/mol. The second-order valence-electron chi connectivity index (χ2n) is 6.88. The van der Waals surface area contributed by atoms with Gasteiger partial charge in [-0.3, -0.25) is 4.79 Å². The molecule has 29 heavy (non-hydrogen) atoms. The van der Waals surface area contributed by atoms with E-state index in [4.69, 9.17) is 0 Å². The normalized spacial score (nSPS) is 17.9. The molecule has 0 spiro atoms. The van der Waals surface area contributed by atoms with Crippen LogP contribution in [0.3, 0.4) is 0 Å². The number of anilines is 1. The second-order valence-corrected chi connectivity index (χ2v) is 10.3. The molecule has 1 unspecified atom stereocenters. The van der Waals surface area contributed by atoms with Crippen molar-refractivity contribution in [2.24, 2.45) is 5.92 Å². The van der Waals surface area contributed by atoms with E-state index in [0.29, 0.717) is 35.1 Å². The number of nitrogens with zero attached hydrogens (tertiary/aromatic N) is 4. The SMILES string of the molecule is Cc1ccc(S(=O)(=O)N2CCCC(C(=O)Nc3cccnc3-n3cccn3)C2)s1. The molecule has 4 heterocycles. The molecule has 3 aromatic heterocycles. The molecule has 1 aliphatic rings. The minimum Gasteiger partial charge on any atom is -0.323 e. The van der Waals surface area contributed by atoms with Crippen molar-refractivity contribution in [1.29, 1.82) is 0 Å². The molecule has 0 radical (unpaired) electrons. The number of hydrogen-bond donors (Lipinski definition) is 1. The van der Waals surface area contributed by atoms with Crippen LogP contribution < -0.4 is 5.32 Å². The fourth-order valence-corrected chi connectivity index (χ4v) is 6.32. The quantitative estimate of drug-likeness (QED) is 0.670. The van der Waals surface area contributed by atoms with Gasteiger partial charge in [-0.15, -0.1) is 11.3 Å². The van der Waals surface area contributed by atoms with Crippen molar-refractivity contribution in [2.75, 3.05) is 18.4 Å². The minimum absolute atomic E-state index is 0.169. The molecule has 0 bridgehead atoms. The Kier molecular flexibility index (Phi) is 5.48. The summed E-state index contributed by atoms with van der Waals surface area (Å²) in [6.07, 6.45) is 6.29. The van der Waals surface area contributed by atoms with Crippen LogP contribution in [0, 0.1) is 12.8 Å². The van der Waals surface area contributed by atoms with Crippen molar-refractivity contribution in [3.63, 3.8) is 0 Å². The molecular formula is C19H21N5O3S2. The first kappa shape index (κ1) is 19.7. The molecule has 0 aromatic carbocycles.